The van der Waals surface area contributed by atoms with E-state index < -0.39 is 0 Å². The molecule has 0 heteroatoms. The zero-order valence-corrected chi connectivity index (χ0v) is 21.8. The molecular weight excluding hydrogens is 432 g/mol. The fourth-order valence-electron chi connectivity index (χ4n) is 7.29. The van der Waals surface area contributed by atoms with Crippen molar-refractivity contribution in [1.29, 1.82) is 0 Å². The Balaban J connectivity index is 1.38. The molecule has 0 radical (unpaired) electrons. The van der Waals surface area contributed by atoms with Crippen LogP contribution in [0.1, 0.15) is 84.7 Å². The Labute approximate surface area is 216 Å². The van der Waals surface area contributed by atoms with Gasteiger partial charge in [-0.1, -0.05) is 117 Å². The Morgan fingerprint density at radius 3 is 1.72 bits per heavy atom. The van der Waals surface area contributed by atoms with Crippen LogP contribution in [0.25, 0.3) is 16.7 Å². The number of fused-ring (bicyclic) bond motifs is 4. The fourth-order valence-corrected chi connectivity index (χ4v) is 7.29. The average Bonchev–Trinajstić information content (AvgIpc) is 3.46. The van der Waals surface area contributed by atoms with Gasteiger partial charge in [0.25, 0.3) is 0 Å². The molecule has 4 aromatic rings. The Morgan fingerprint density at radius 2 is 1.11 bits per heavy atom. The maximum Gasteiger partial charge on any atom is 0.0203 e. The summed E-state index contributed by atoms with van der Waals surface area (Å²) in [6.45, 7) is 7.03. The van der Waals surface area contributed by atoms with Crippen molar-refractivity contribution in [3.05, 3.63) is 137 Å². The highest BCUT2D eigenvalue weighted by atomic mass is 14.4. The molecule has 0 heterocycles. The van der Waals surface area contributed by atoms with E-state index in [0.29, 0.717) is 11.8 Å². The Kier molecular flexibility index (Phi) is 5.92. The van der Waals surface area contributed by atoms with Crippen LogP contribution >= 0.6 is 0 Å². The molecule has 2 aliphatic carbocycles. The van der Waals surface area contributed by atoms with Crippen LogP contribution < -0.4 is 0 Å². The third-order valence-electron chi connectivity index (χ3n) is 9.13. The van der Waals surface area contributed by atoms with Crippen molar-refractivity contribution in [2.75, 3.05) is 0 Å². The van der Waals surface area contributed by atoms with Crippen molar-refractivity contribution in [2.45, 2.75) is 63.7 Å². The molecule has 0 amide bonds. The summed E-state index contributed by atoms with van der Waals surface area (Å²) in [6, 6.07) is 36.3. The van der Waals surface area contributed by atoms with Crippen LogP contribution in [0.5, 0.6) is 0 Å². The molecule has 1 unspecified atom stereocenters. The molecule has 0 aliphatic heterocycles. The second-order valence-electron chi connectivity index (χ2n) is 10.7. The molecule has 0 saturated heterocycles. The number of allylic oxidation sites excluding steroid dienone is 2. The normalized spacial score (nSPS) is 16.4. The topological polar surface area (TPSA) is 0 Å². The van der Waals surface area contributed by atoms with Gasteiger partial charge in [-0.15, -0.1) is 0 Å². The lowest BCUT2D eigenvalue weighted by Gasteiger charge is -2.36. The second-order valence-corrected chi connectivity index (χ2v) is 10.7. The summed E-state index contributed by atoms with van der Waals surface area (Å²) in [7, 11) is 0. The molecule has 36 heavy (non-hydrogen) atoms. The summed E-state index contributed by atoms with van der Waals surface area (Å²) in [6.07, 6.45) is 7.23. The predicted molar refractivity (Wildman–Crippen MR) is 154 cm³/mol. The van der Waals surface area contributed by atoms with E-state index in [1.807, 2.05) is 0 Å². The summed E-state index contributed by atoms with van der Waals surface area (Å²) in [4.78, 5) is 0. The molecular formula is C36H36. The maximum atomic E-state index is 2.65. The van der Waals surface area contributed by atoms with E-state index >= 15 is 0 Å². The summed E-state index contributed by atoms with van der Waals surface area (Å²) >= 11 is 0. The zero-order chi connectivity index (χ0) is 24.7. The van der Waals surface area contributed by atoms with Crippen LogP contribution in [-0.2, 0) is 5.41 Å². The largest absolute Gasteiger partial charge is 0.0723 e. The SMILES string of the molecule is CCC(CC)(C1=CC(CCC2c3ccccc3-c3ccccc32)c2ccccc21)c1ccccc1C. The number of hydrogen-bond donors (Lipinski definition) is 0. The molecule has 0 aromatic heterocycles. The van der Waals surface area contributed by atoms with Gasteiger partial charge in [0.2, 0.25) is 0 Å². The lowest BCUT2D eigenvalue weighted by molar-refractivity contribution is 0.512. The number of aryl methyl sites for hydroxylation is 1. The van der Waals surface area contributed by atoms with E-state index in [-0.39, 0.29) is 5.41 Å². The molecule has 1 atom stereocenters. The Bertz CT molecular complexity index is 1390. The highest BCUT2D eigenvalue weighted by Gasteiger charge is 2.39. The van der Waals surface area contributed by atoms with Crippen LogP contribution in [0.2, 0.25) is 0 Å². The van der Waals surface area contributed by atoms with E-state index in [1.165, 1.54) is 57.3 Å². The van der Waals surface area contributed by atoms with Crippen molar-refractivity contribution in [1.82, 2.24) is 0 Å². The van der Waals surface area contributed by atoms with Crippen molar-refractivity contribution in [3.8, 4) is 11.1 Å². The fraction of sp³-hybridized carbons (Fsp3) is 0.278. The molecule has 6 rings (SSSR count). The zero-order valence-electron chi connectivity index (χ0n) is 21.8. The molecule has 0 saturated carbocycles. The maximum absolute atomic E-state index is 2.65. The van der Waals surface area contributed by atoms with Crippen LogP contribution in [0.4, 0.5) is 0 Å². The van der Waals surface area contributed by atoms with Gasteiger partial charge < -0.3 is 0 Å². The first-order valence-corrected chi connectivity index (χ1v) is 13.7. The van der Waals surface area contributed by atoms with Gasteiger partial charge in [-0.05, 0) is 82.7 Å². The summed E-state index contributed by atoms with van der Waals surface area (Å²) in [5.74, 6) is 0.957. The summed E-state index contributed by atoms with van der Waals surface area (Å²) in [5, 5.41) is 0. The van der Waals surface area contributed by atoms with E-state index in [4.69, 9.17) is 0 Å². The first-order chi connectivity index (χ1) is 17.7. The first kappa shape index (κ1) is 23.0. The van der Waals surface area contributed by atoms with Crippen LogP contribution in [0, 0.1) is 6.92 Å². The highest BCUT2D eigenvalue weighted by molar-refractivity contribution is 5.83. The van der Waals surface area contributed by atoms with Gasteiger partial charge in [0.15, 0.2) is 0 Å². The molecule has 2 aliphatic rings. The van der Waals surface area contributed by atoms with Crippen LogP contribution in [0.3, 0.4) is 0 Å². The van der Waals surface area contributed by atoms with Gasteiger partial charge >= 0.3 is 0 Å². The molecule has 4 aromatic carbocycles. The third kappa shape index (κ3) is 3.50. The Hall–Kier alpha value is -3.38. The molecule has 0 bridgehead atoms. The smallest absolute Gasteiger partial charge is 0.0203 e. The minimum atomic E-state index is 0.0583. The number of rotatable bonds is 7. The average molecular weight is 469 g/mol. The minimum absolute atomic E-state index is 0.0583. The molecule has 0 fully saturated rings. The van der Waals surface area contributed by atoms with E-state index in [0.717, 1.165) is 12.8 Å². The summed E-state index contributed by atoms with van der Waals surface area (Å²) in [5.41, 5.74) is 13.4. The van der Waals surface area contributed by atoms with Crippen molar-refractivity contribution >= 4 is 5.57 Å². The number of benzene rings is 4. The molecule has 0 N–H and O–H groups in total. The third-order valence-corrected chi connectivity index (χ3v) is 9.13. The lowest BCUT2D eigenvalue weighted by atomic mass is 9.67. The quantitative estimate of drug-likeness (QED) is 0.253. The van der Waals surface area contributed by atoms with Crippen LogP contribution in [0.15, 0.2) is 103 Å². The highest BCUT2D eigenvalue weighted by Crippen LogP contribution is 2.53. The van der Waals surface area contributed by atoms with E-state index in [2.05, 4.69) is 124 Å². The monoisotopic (exact) mass is 468 g/mol. The van der Waals surface area contributed by atoms with Gasteiger partial charge in [-0.2, -0.15) is 0 Å². The van der Waals surface area contributed by atoms with Gasteiger partial charge in [0, 0.05) is 17.3 Å². The summed E-state index contributed by atoms with van der Waals surface area (Å²) < 4.78 is 0. The second kappa shape index (κ2) is 9.25. The molecule has 180 valence electrons. The van der Waals surface area contributed by atoms with Crippen molar-refractivity contribution < 1.29 is 0 Å². The van der Waals surface area contributed by atoms with E-state index in [1.54, 1.807) is 5.57 Å². The minimum Gasteiger partial charge on any atom is -0.0723 e. The van der Waals surface area contributed by atoms with Crippen LogP contribution in [-0.4, -0.2) is 0 Å². The first-order valence-electron chi connectivity index (χ1n) is 13.7. The van der Waals surface area contributed by atoms with E-state index in [9.17, 15) is 0 Å². The van der Waals surface area contributed by atoms with Gasteiger partial charge in [0.05, 0.1) is 0 Å². The van der Waals surface area contributed by atoms with Gasteiger partial charge in [-0.25, -0.2) is 0 Å². The van der Waals surface area contributed by atoms with Gasteiger partial charge in [0.1, 0.15) is 0 Å². The lowest BCUT2D eigenvalue weighted by Crippen LogP contribution is -2.27. The predicted octanol–water partition coefficient (Wildman–Crippen LogP) is 9.83. The van der Waals surface area contributed by atoms with Gasteiger partial charge in [-0.3, -0.25) is 0 Å². The number of hydrogen-bond acceptors (Lipinski definition) is 0. The standard InChI is InChI=1S/C36H36/c1-4-36(5-2,34-21-13-6-14-25(34)3)35-24-26(27-15-7-12-20-33(27)35)22-23-32-30-18-10-8-16-28(30)29-17-9-11-19-31(29)32/h6-21,24,26,32H,4-5,22-23H2,1-3H3. The Morgan fingerprint density at radius 1 is 0.583 bits per heavy atom. The van der Waals surface area contributed by atoms with Crippen molar-refractivity contribution in [3.63, 3.8) is 0 Å². The van der Waals surface area contributed by atoms with Crippen molar-refractivity contribution in [2.24, 2.45) is 0 Å². The molecule has 0 nitrogen and oxygen atoms in total. The molecule has 0 spiro atoms.